The van der Waals surface area contributed by atoms with Crippen LogP contribution < -0.4 is 4.74 Å². The van der Waals surface area contributed by atoms with Gasteiger partial charge in [0.1, 0.15) is 5.75 Å². The second-order valence-electron chi connectivity index (χ2n) is 4.21. The van der Waals surface area contributed by atoms with Gasteiger partial charge in [0.25, 0.3) is 0 Å². The first kappa shape index (κ1) is 13.9. The van der Waals surface area contributed by atoms with Gasteiger partial charge < -0.3 is 4.74 Å². The highest BCUT2D eigenvalue weighted by molar-refractivity contribution is 5.69. The Kier molecular flexibility index (Phi) is 3.66. The third-order valence-electron chi connectivity index (χ3n) is 2.77. The smallest absolute Gasteiger partial charge is 0.406 e. The van der Waals surface area contributed by atoms with Crippen molar-refractivity contribution in [3.63, 3.8) is 0 Å². The van der Waals surface area contributed by atoms with Gasteiger partial charge >= 0.3 is 6.36 Å². The van der Waals surface area contributed by atoms with Crippen LogP contribution in [0.3, 0.4) is 0 Å². The van der Waals surface area contributed by atoms with Gasteiger partial charge in [0, 0.05) is 0 Å². The van der Waals surface area contributed by atoms with E-state index in [1.165, 1.54) is 24.3 Å². The lowest BCUT2D eigenvalue weighted by atomic mass is 9.98. The zero-order valence-electron chi connectivity index (χ0n) is 10.5. The van der Waals surface area contributed by atoms with Gasteiger partial charge in [-0.05, 0) is 47.9 Å². The summed E-state index contributed by atoms with van der Waals surface area (Å²) in [6, 6.07) is 12.8. The fraction of sp³-hybridized carbons (Fsp3) is 0.133. The van der Waals surface area contributed by atoms with Crippen LogP contribution in [0.15, 0.2) is 42.5 Å². The minimum atomic E-state index is -4.70. The van der Waals surface area contributed by atoms with E-state index in [2.05, 4.69) is 4.74 Å². The third kappa shape index (κ3) is 3.29. The van der Waals surface area contributed by atoms with Crippen LogP contribution in [-0.2, 0) is 0 Å². The number of hydrogen-bond donors (Lipinski definition) is 0. The van der Waals surface area contributed by atoms with E-state index in [0.29, 0.717) is 5.56 Å². The summed E-state index contributed by atoms with van der Waals surface area (Å²) in [4.78, 5) is 0. The molecule has 0 N–H and O–H groups in total. The second kappa shape index (κ2) is 5.25. The standard InChI is InChI=1S/C15H10F3NO/c1-10-2-3-11(9-19)8-14(10)12-4-6-13(7-5-12)20-15(16,17)18/h2-8H,1H3. The van der Waals surface area contributed by atoms with Gasteiger partial charge in [-0.2, -0.15) is 5.26 Å². The van der Waals surface area contributed by atoms with Crippen LogP contribution in [0.4, 0.5) is 13.2 Å². The molecule has 0 bridgehead atoms. The third-order valence-corrected chi connectivity index (χ3v) is 2.77. The van der Waals surface area contributed by atoms with Gasteiger partial charge in [-0.15, -0.1) is 13.2 Å². The van der Waals surface area contributed by atoms with Crippen molar-refractivity contribution in [1.29, 1.82) is 5.26 Å². The molecule has 0 spiro atoms. The summed E-state index contributed by atoms with van der Waals surface area (Å²) in [5.74, 6) is -0.268. The molecule has 0 saturated carbocycles. The molecule has 102 valence electrons. The molecule has 20 heavy (non-hydrogen) atoms. The number of benzene rings is 2. The van der Waals surface area contributed by atoms with Crippen molar-refractivity contribution in [2.45, 2.75) is 13.3 Å². The predicted octanol–water partition coefficient (Wildman–Crippen LogP) is 4.43. The van der Waals surface area contributed by atoms with Crippen LogP contribution in [0.1, 0.15) is 11.1 Å². The number of hydrogen-bond acceptors (Lipinski definition) is 2. The summed E-state index contributed by atoms with van der Waals surface area (Å²) in [7, 11) is 0. The number of rotatable bonds is 2. The highest BCUT2D eigenvalue weighted by Crippen LogP contribution is 2.28. The van der Waals surface area contributed by atoms with Gasteiger partial charge in [-0.3, -0.25) is 0 Å². The number of halogens is 3. The van der Waals surface area contributed by atoms with Crippen LogP contribution in [-0.4, -0.2) is 6.36 Å². The fourth-order valence-corrected chi connectivity index (χ4v) is 1.84. The average molecular weight is 277 g/mol. The lowest BCUT2D eigenvalue weighted by Gasteiger charge is -2.10. The molecule has 0 saturated heterocycles. The SMILES string of the molecule is Cc1ccc(C#N)cc1-c1ccc(OC(F)(F)F)cc1. The monoisotopic (exact) mass is 277 g/mol. The molecule has 0 fully saturated rings. The van der Waals surface area contributed by atoms with Crippen molar-refractivity contribution in [2.24, 2.45) is 0 Å². The van der Waals surface area contributed by atoms with E-state index in [4.69, 9.17) is 5.26 Å². The quantitative estimate of drug-likeness (QED) is 0.813. The maximum atomic E-state index is 12.1. The summed E-state index contributed by atoms with van der Waals surface area (Å²) in [6.07, 6.45) is -4.70. The first-order chi connectivity index (χ1) is 9.39. The molecule has 0 radical (unpaired) electrons. The topological polar surface area (TPSA) is 33.0 Å². The zero-order valence-corrected chi connectivity index (χ0v) is 10.5. The first-order valence-corrected chi connectivity index (χ1v) is 5.76. The Bertz CT molecular complexity index is 654. The van der Waals surface area contributed by atoms with Crippen molar-refractivity contribution in [3.05, 3.63) is 53.6 Å². The van der Waals surface area contributed by atoms with Crippen LogP contribution in [0.5, 0.6) is 5.75 Å². The number of alkyl halides is 3. The maximum absolute atomic E-state index is 12.1. The molecule has 0 unspecified atom stereocenters. The fourth-order valence-electron chi connectivity index (χ4n) is 1.84. The normalized spacial score (nSPS) is 10.9. The Morgan fingerprint density at radius 1 is 1.05 bits per heavy atom. The molecule has 0 heterocycles. The van der Waals surface area contributed by atoms with E-state index in [1.807, 2.05) is 13.0 Å². The molecular weight excluding hydrogens is 267 g/mol. The molecule has 5 heteroatoms. The van der Waals surface area contributed by atoms with E-state index in [-0.39, 0.29) is 5.75 Å². The highest BCUT2D eigenvalue weighted by Gasteiger charge is 2.30. The second-order valence-corrected chi connectivity index (χ2v) is 4.21. The van der Waals surface area contributed by atoms with Crippen molar-refractivity contribution in [2.75, 3.05) is 0 Å². The summed E-state index contributed by atoms with van der Waals surface area (Å²) >= 11 is 0. The molecule has 0 aromatic heterocycles. The molecule has 2 nitrogen and oxygen atoms in total. The molecule has 0 aliphatic rings. The summed E-state index contributed by atoms with van der Waals surface area (Å²) in [5, 5.41) is 8.88. The molecule has 0 amide bonds. The van der Waals surface area contributed by atoms with Crippen LogP contribution in [0, 0.1) is 18.3 Å². The first-order valence-electron chi connectivity index (χ1n) is 5.76. The van der Waals surface area contributed by atoms with Crippen molar-refractivity contribution in [3.8, 4) is 22.9 Å². The van der Waals surface area contributed by atoms with E-state index in [0.717, 1.165) is 16.7 Å². The van der Waals surface area contributed by atoms with E-state index in [1.54, 1.807) is 18.2 Å². The van der Waals surface area contributed by atoms with Gasteiger partial charge in [0.05, 0.1) is 11.6 Å². The Labute approximate surface area is 114 Å². The van der Waals surface area contributed by atoms with Gasteiger partial charge in [-0.25, -0.2) is 0 Å². The number of nitrogens with zero attached hydrogens (tertiary/aromatic N) is 1. The van der Waals surface area contributed by atoms with Crippen molar-refractivity contribution in [1.82, 2.24) is 0 Å². The number of nitriles is 1. The molecule has 2 aromatic rings. The minimum Gasteiger partial charge on any atom is -0.406 e. The molecule has 0 atom stereocenters. The van der Waals surface area contributed by atoms with Crippen LogP contribution in [0.25, 0.3) is 11.1 Å². The Morgan fingerprint density at radius 3 is 2.25 bits per heavy atom. The number of ether oxygens (including phenoxy) is 1. The summed E-state index contributed by atoms with van der Waals surface area (Å²) in [5.41, 5.74) is 2.98. The summed E-state index contributed by atoms with van der Waals surface area (Å²) in [6.45, 7) is 1.87. The molecular formula is C15H10F3NO. The molecule has 2 aromatic carbocycles. The largest absolute Gasteiger partial charge is 0.573 e. The van der Waals surface area contributed by atoms with E-state index in [9.17, 15) is 13.2 Å². The molecule has 2 rings (SSSR count). The molecule has 0 aliphatic heterocycles. The lowest BCUT2D eigenvalue weighted by molar-refractivity contribution is -0.274. The zero-order chi connectivity index (χ0) is 14.8. The number of aryl methyl sites for hydroxylation is 1. The van der Waals surface area contributed by atoms with Gasteiger partial charge in [-0.1, -0.05) is 18.2 Å². The van der Waals surface area contributed by atoms with Crippen molar-refractivity contribution < 1.29 is 17.9 Å². The van der Waals surface area contributed by atoms with E-state index < -0.39 is 6.36 Å². The summed E-state index contributed by atoms with van der Waals surface area (Å²) < 4.78 is 40.0. The average Bonchev–Trinajstić information content (AvgIpc) is 2.39. The van der Waals surface area contributed by atoms with Crippen molar-refractivity contribution >= 4 is 0 Å². The van der Waals surface area contributed by atoms with Gasteiger partial charge in [0.15, 0.2) is 0 Å². The maximum Gasteiger partial charge on any atom is 0.573 e. The van der Waals surface area contributed by atoms with E-state index >= 15 is 0 Å². The van der Waals surface area contributed by atoms with Gasteiger partial charge in [0.2, 0.25) is 0 Å². The minimum absolute atomic E-state index is 0.268. The highest BCUT2D eigenvalue weighted by atomic mass is 19.4. The predicted molar refractivity (Wildman–Crippen MR) is 68.0 cm³/mol. The van der Waals surface area contributed by atoms with Crippen LogP contribution in [0.2, 0.25) is 0 Å². The Balaban J connectivity index is 2.33. The Morgan fingerprint density at radius 2 is 1.70 bits per heavy atom. The molecule has 0 aliphatic carbocycles. The van der Waals surface area contributed by atoms with Crippen LogP contribution >= 0.6 is 0 Å². The Hall–Kier alpha value is -2.48. The lowest BCUT2D eigenvalue weighted by Crippen LogP contribution is -2.16.